The van der Waals surface area contributed by atoms with E-state index in [9.17, 15) is 4.79 Å². The molecule has 2 rings (SSSR count). The Morgan fingerprint density at radius 1 is 0.969 bits per heavy atom. The fraction of sp³-hybridized carbons (Fsp3) is 0.480. The summed E-state index contributed by atoms with van der Waals surface area (Å²) in [5, 5.41) is 3.62. The van der Waals surface area contributed by atoms with Crippen LogP contribution in [0.1, 0.15) is 38.8 Å². The molecule has 1 N–H and O–H groups in total. The van der Waals surface area contributed by atoms with E-state index in [0.29, 0.717) is 36.1 Å². The lowest BCUT2D eigenvalue weighted by molar-refractivity contribution is -0.141. The largest absolute Gasteiger partial charge is 0.493 e. The lowest BCUT2D eigenvalue weighted by Crippen LogP contribution is -2.41. The summed E-state index contributed by atoms with van der Waals surface area (Å²) in [6.07, 6.45) is -0.0560. The maximum atomic E-state index is 12.7. The molecule has 0 saturated heterocycles. The molecule has 0 fully saturated rings. The van der Waals surface area contributed by atoms with Crippen molar-refractivity contribution in [1.82, 2.24) is 5.32 Å². The van der Waals surface area contributed by atoms with Gasteiger partial charge in [-0.1, -0.05) is 29.8 Å². The first kappa shape index (κ1) is 26.0. The topological polar surface area (TPSA) is 66.0 Å². The predicted molar refractivity (Wildman–Crippen MR) is 127 cm³/mol. The van der Waals surface area contributed by atoms with Gasteiger partial charge in [0.25, 0.3) is 5.91 Å². The summed E-state index contributed by atoms with van der Waals surface area (Å²) >= 11 is 5.91. The highest BCUT2D eigenvalue weighted by Gasteiger charge is 2.20. The Hall–Kier alpha value is -2.28. The lowest BCUT2D eigenvalue weighted by Gasteiger charge is -2.20. The molecular weight excluding hydrogens is 430 g/mol. The highest BCUT2D eigenvalue weighted by Crippen LogP contribution is 2.29. The molecule has 1 amide bonds. The lowest BCUT2D eigenvalue weighted by atomic mass is 10.1. The Morgan fingerprint density at radius 2 is 1.66 bits per heavy atom. The summed E-state index contributed by atoms with van der Waals surface area (Å²) in [5.41, 5.74) is 2.02. The van der Waals surface area contributed by atoms with Gasteiger partial charge in [-0.05, 0) is 69.5 Å². The maximum absolute atomic E-state index is 12.7. The minimum atomic E-state index is -0.682. The Balaban J connectivity index is 1.86. The van der Waals surface area contributed by atoms with Gasteiger partial charge in [-0.2, -0.15) is 0 Å². The summed E-state index contributed by atoms with van der Waals surface area (Å²) in [6, 6.07) is 13.2. The number of ether oxygens (including phenoxy) is 4. The van der Waals surface area contributed by atoms with Crippen molar-refractivity contribution >= 4 is 17.5 Å². The molecule has 0 radical (unpaired) electrons. The fourth-order valence-corrected chi connectivity index (χ4v) is 3.16. The molecule has 0 spiro atoms. The van der Waals surface area contributed by atoms with Crippen LogP contribution in [0.5, 0.6) is 11.5 Å². The van der Waals surface area contributed by atoms with Crippen LogP contribution in [0.15, 0.2) is 42.5 Å². The van der Waals surface area contributed by atoms with Crippen molar-refractivity contribution in [2.75, 3.05) is 20.3 Å². The van der Waals surface area contributed by atoms with Gasteiger partial charge in [0.1, 0.15) is 0 Å². The standard InChI is InChI=1S/C25H34ClNO5/c1-17(2)31-22-11-8-19(14-23(22)29-5)12-13-27-25(28)24(32-18(3)4)16-30-15-20-6-9-21(26)10-7-20/h6-11,14,17-18,24H,12-13,15-16H2,1-5H3,(H,27,28)/t24-/m0/s1. The van der Waals surface area contributed by atoms with E-state index in [0.717, 1.165) is 11.1 Å². The molecule has 0 aliphatic carbocycles. The van der Waals surface area contributed by atoms with Gasteiger partial charge in [0.05, 0.1) is 32.5 Å². The smallest absolute Gasteiger partial charge is 0.251 e. The van der Waals surface area contributed by atoms with Crippen LogP contribution in [0.3, 0.4) is 0 Å². The maximum Gasteiger partial charge on any atom is 0.251 e. The zero-order valence-electron chi connectivity index (χ0n) is 19.5. The second kappa shape index (κ2) is 13.3. The second-order valence-corrected chi connectivity index (χ2v) is 8.44. The van der Waals surface area contributed by atoms with Crippen LogP contribution in [0.4, 0.5) is 0 Å². The van der Waals surface area contributed by atoms with E-state index in [1.54, 1.807) is 7.11 Å². The first-order valence-corrected chi connectivity index (χ1v) is 11.2. The van der Waals surface area contributed by atoms with E-state index in [-0.39, 0.29) is 24.7 Å². The molecule has 0 heterocycles. The Morgan fingerprint density at radius 3 is 2.28 bits per heavy atom. The zero-order chi connectivity index (χ0) is 23.5. The highest BCUT2D eigenvalue weighted by molar-refractivity contribution is 6.30. The van der Waals surface area contributed by atoms with E-state index < -0.39 is 6.10 Å². The van der Waals surface area contributed by atoms with Crippen LogP contribution in [0.2, 0.25) is 5.02 Å². The first-order valence-electron chi connectivity index (χ1n) is 10.9. The van der Waals surface area contributed by atoms with Crippen LogP contribution in [-0.2, 0) is 27.3 Å². The van der Waals surface area contributed by atoms with E-state index in [1.807, 2.05) is 70.2 Å². The zero-order valence-corrected chi connectivity index (χ0v) is 20.3. The number of benzene rings is 2. The molecule has 7 heteroatoms. The molecule has 0 aliphatic rings. The summed E-state index contributed by atoms with van der Waals surface area (Å²) < 4.78 is 22.7. The van der Waals surface area contributed by atoms with Crippen LogP contribution < -0.4 is 14.8 Å². The number of methoxy groups -OCH3 is 1. The second-order valence-electron chi connectivity index (χ2n) is 8.01. The van der Waals surface area contributed by atoms with Crippen molar-refractivity contribution in [3.63, 3.8) is 0 Å². The summed E-state index contributed by atoms with van der Waals surface area (Å²) in [5.74, 6) is 1.19. The molecule has 0 bridgehead atoms. The summed E-state index contributed by atoms with van der Waals surface area (Å²) in [6.45, 7) is 8.75. The summed E-state index contributed by atoms with van der Waals surface area (Å²) in [7, 11) is 1.62. The number of carbonyl (C=O) groups excluding carboxylic acids is 1. The van der Waals surface area contributed by atoms with Gasteiger partial charge in [0.2, 0.25) is 0 Å². The molecule has 0 saturated carbocycles. The molecule has 32 heavy (non-hydrogen) atoms. The van der Waals surface area contributed by atoms with E-state index >= 15 is 0 Å². The predicted octanol–water partition coefficient (Wildman–Crippen LogP) is 4.80. The average molecular weight is 464 g/mol. The van der Waals surface area contributed by atoms with Crippen LogP contribution >= 0.6 is 11.6 Å². The van der Waals surface area contributed by atoms with Crippen molar-refractivity contribution in [2.24, 2.45) is 0 Å². The number of rotatable bonds is 13. The SMILES string of the molecule is COc1cc(CCNC(=O)[C@H](COCc2ccc(Cl)cc2)OC(C)C)ccc1OC(C)C. The molecule has 0 aromatic heterocycles. The third-order valence-corrected chi connectivity index (χ3v) is 4.74. The van der Waals surface area contributed by atoms with Gasteiger partial charge in [-0.15, -0.1) is 0 Å². The molecule has 0 unspecified atom stereocenters. The first-order chi connectivity index (χ1) is 15.3. The highest BCUT2D eigenvalue weighted by atomic mass is 35.5. The minimum Gasteiger partial charge on any atom is -0.493 e. The molecular formula is C25H34ClNO5. The number of halogens is 1. The average Bonchev–Trinajstić information content (AvgIpc) is 2.74. The molecule has 2 aromatic carbocycles. The quantitative estimate of drug-likeness (QED) is 0.462. The molecule has 176 valence electrons. The van der Waals surface area contributed by atoms with Crippen LogP contribution in [0.25, 0.3) is 0 Å². The third kappa shape index (κ3) is 9.07. The normalized spacial score (nSPS) is 12.1. The van der Waals surface area contributed by atoms with Crippen molar-refractivity contribution < 1.29 is 23.7 Å². The van der Waals surface area contributed by atoms with Gasteiger partial charge >= 0.3 is 0 Å². The van der Waals surface area contributed by atoms with Gasteiger partial charge < -0.3 is 24.3 Å². The van der Waals surface area contributed by atoms with Crippen molar-refractivity contribution in [3.8, 4) is 11.5 Å². The number of carbonyl (C=O) groups is 1. The molecule has 2 aromatic rings. The van der Waals surface area contributed by atoms with Crippen LogP contribution in [0, 0.1) is 0 Å². The third-order valence-electron chi connectivity index (χ3n) is 4.48. The van der Waals surface area contributed by atoms with Crippen molar-refractivity contribution in [2.45, 2.75) is 59.0 Å². The van der Waals surface area contributed by atoms with E-state index in [4.69, 9.17) is 30.5 Å². The fourth-order valence-electron chi connectivity index (χ4n) is 3.03. The summed E-state index contributed by atoms with van der Waals surface area (Å²) in [4.78, 5) is 12.7. The molecule has 0 aliphatic heterocycles. The van der Waals surface area contributed by atoms with Gasteiger partial charge in [-0.25, -0.2) is 0 Å². The monoisotopic (exact) mass is 463 g/mol. The van der Waals surface area contributed by atoms with Gasteiger partial charge in [0, 0.05) is 11.6 Å². The number of nitrogens with one attached hydrogen (secondary N) is 1. The molecule has 6 nitrogen and oxygen atoms in total. The Labute approximate surface area is 196 Å². The van der Waals surface area contributed by atoms with Crippen LogP contribution in [-0.4, -0.2) is 44.5 Å². The number of amides is 1. The Bertz CT molecular complexity index is 839. The van der Waals surface area contributed by atoms with E-state index in [1.165, 1.54) is 0 Å². The van der Waals surface area contributed by atoms with Crippen molar-refractivity contribution in [1.29, 1.82) is 0 Å². The Kier molecular flexibility index (Phi) is 10.8. The molecule has 1 atom stereocenters. The number of hydrogen-bond acceptors (Lipinski definition) is 5. The minimum absolute atomic E-state index is 0.0637. The van der Waals surface area contributed by atoms with Gasteiger partial charge in [0.15, 0.2) is 17.6 Å². The number of hydrogen-bond donors (Lipinski definition) is 1. The van der Waals surface area contributed by atoms with Crippen molar-refractivity contribution in [3.05, 3.63) is 58.6 Å². The van der Waals surface area contributed by atoms with Gasteiger partial charge in [-0.3, -0.25) is 4.79 Å². The van der Waals surface area contributed by atoms with E-state index in [2.05, 4.69) is 5.32 Å².